The first kappa shape index (κ1) is 14.3. The maximum atomic E-state index is 12.9. The number of sulfone groups is 1. The maximum absolute atomic E-state index is 12.9. The summed E-state index contributed by atoms with van der Waals surface area (Å²) in [5.41, 5.74) is 0. The summed E-state index contributed by atoms with van der Waals surface area (Å²) in [5.74, 6) is -2.30. The number of halogens is 3. The van der Waals surface area contributed by atoms with E-state index in [1.165, 1.54) is 0 Å². The van der Waals surface area contributed by atoms with E-state index in [-0.39, 0.29) is 29.7 Å². The Bertz CT molecular complexity index is 476. The van der Waals surface area contributed by atoms with E-state index in [9.17, 15) is 17.2 Å². The van der Waals surface area contributed by atoms with Crippen molar-refractivity contribution in [3.8, 4) is 0 Å². The molecular formula is C10H11ClF2O3S. The highest BCUT2D eigenvalue weighted by molar-refractivity contribution is 7.91. The fraction of sp³-hybridized carbons (Fsp3) is 0.400. The second kappa shape index (κ2) is 6.28. The van der Waals surface area contributed by atoms with Gasteiger partial charge in [-0.05, 0) is 18.2 Å². The van der Waals surface area contributed by atoms with E-state index < -0.39 is 21.5 Å². The molecule has 0 saturated heterocycles. The van der Waals surface area contributed by atoms with Crippen molar-refractivity contribution in [2.45, 2.75) is 4.90 Å². The van der Waals surface area contributed by atoms with Crippen LogP contribution in [0.2, 0.25) is 0 Å². The molecule has 0 aromatic heterocycles. The molecule has 0 amide bonds. The zero-order valence-electron chi connectivity index (χ0n) is 8.83. The van der Waals surface area contributed by atoms with Gasteiger partial charge in [-0.25, -0.2) is 17.2 Å². The third-order valence-electron chi connectivity index (χ3n) is 1.97. The quantitative estimate of drug-likeness (QED) is 0.456. The van der Waals surface area contributed by atoms with Gasteiger partial charge in [-0.2, -0.15) is 0 Å². The number of benzene rings is 1. The van der Waals surface area contributed by atoms with Gasteiger partial charge in [-0.1, -0.05) is 0 Å². The van der Waals surface area contributed by atoms with E-state index in [0.717, 1.165) is 12.1 Å². The Hall–Kier alpha value is -0.720. The van der Waals surface area contributed by atoms with Gasteiger partial charge in [-0.15, -0.1) is 11.6 Å². The number of hydrogen-bond acceptors (Lipinski definition) is 3. The molecule has 0 unspecified atom stereocenters. The Morgan fingerprint density at radius 1 is 1.18 bits per heavy atom. The average Bonchev–Trinajstić information content (AvgIpc) is 2.28. The van der Waals surface area contributed by atoms with Crippen LogP contribution in [0.25, 0.3) is 0 Å². The van der Waals surface area contributed by atoms with Gasteiger partial charge in [0.15, 0.2) is 21.5 Å². The summed E-state index contributed by atoms with van der Waals surface area (Å²) in [6.45, 7) is 0.211. The van der Waals surface area contributed by atoms with Crippen LogP contribution < -0.4 is 0 Å². The van der Waals surface area contributed by atoms with Gasteiger partial charge in [0.2, 0.25) is 0 Å². The first-order chi connectivity index (χ1) is 7.97. The standard InChI is InChI=1S/C10H11ClF2O3S/c11-3-4-16-5-6-17(14,15)8-1-2-9(12)10(13)7-8/h1-2,7H,3-6H2. The van der Waals surface area contributed by atoms with E-state index in [1.54, 1.807) is 0 Å². The first-order valence-electron chi connectivity index (χ1n) is 4.79. The topological polar surface area (TPSA) is 43.4 Å². The Morgan fingerprint density at radius 3 is 2.47 bits per heavy atom. The number of rotatable bonds is 6. The monoisotopic (exact) mass is 284 g/mol. The van der Waals surface area contributed by atoms with Crippen LogP contribution in [0.3, 0.4) is 0 Å². The van der Waals surface area contributed by atoms with Crippen LogP contribution in [0.1, 0.15) is 0 Å². The van der Waals surface area contributed by atoms with Crippen molar-refractivity contribution in [1.82, 2.24) is 0 Å². The summed E-state index contributed by atoms with van der Waals surface area (Å²) in [4.78, 5) is -0.258. The molecule has 0 aliphatic heterocycles. The van der Waals surface area contributed by atoms with Crippen LogP contribution in [0.5, 0.6) is 0 Å². The van der Waals surface area contributed by atoms with E-state index in [0.29, 0.717) is 6.07 Å². The summed E-state index contributed by atoms with van der Waals surface area (Å²) >= 11 is 5.34. The van der Waals surface area contributed by atoms with Crippen LogP contribution in [0.15, 0.2) is 23.1 Å². The summed E-state index contributed by atoms with van der Waals surface area (Å²) in [5, 5.41) is 0. The maximum Gasteiger partial charge on any atom is 0.180 e. The van der Waals surface area contributed by atoms with E-state index in [2.05, 4.69) is 0 Å². The molecular weight excluding hydrogens is 274 g/mol. The molecule has 0 fully saturated rings. The zero-order chi connectivity index (χ0) is 12.9. The molecule has 0 bridgehead atoms. The Morgan fingerprint density at radius 2 is 1.88 bits per heavy atom. The van der Waals surface area contributed by atoms with Gasteiger partial charge in [0.25, 0.3) is 0 Å². The lowest BCUT2D eigenvalue weighted by Gasteiger charge is -2.05. The van der Waals surface area contributed by atoms with Crippen molar-refractivity contribution in [2.24, 2.45) is 0 Å². The molecule has 0 spiro atoms. The SMILES string of the molecule is O=S(=O)(CCOCCCl)c1ccc(F)c(F)c1. The molecule has 3 nitrogen and oxygen atoms in total. The molecule has 0 N–H and O–H groups in total. The molecule has 0 aliphatic carbocycles. The Labute approximate surface area is 103 Å². The number of ether oxygens (including phenoxy) is 1. The van der Waals surface area contributed by atoms with Crippen molar-refractivity contribution in [3.05, 3.63) is 29.8 Å². The lowest BCUT2D eigenvalue weighted by atomic mass is 10.3. The van der Waals surface area contributed by atoms with Crippen molar-refractivity contribution >= 4 is 21.4 Å². The molecule has 1 rings (SSSR count). The van der Waals surface area contributed by atoms with Crippen LogP contribution in [0.4, 0.5) is 8.78 Å². The van der Waals surface area contributed by atoms with Gasteiger partial charge < -0.3 is 4.74 Å². The summed E-state index contributed by atoms with van der Waals surface area (Å²) < 4.78 is 53.7. The summed E-state index contributed by atoms with van der Waals surface area (Å²) in [7, 11) is -3.65. The minimum Gasteiger partial charge on any atom is -0.379 e. The van der Waals surface area contributed by atoms with Crippen LogP contribution in [-0.2, 0) is 14.6 Å². The van der Waals surface area contributed by atoms with Crippen molar-refractivity contribution in [1.29, 1.82) is 0 Å². The largest absolute Gasteiger partial charge is 0.379 e. The fourth-order valence-electron chi connectivity index (χ4n) is 1.11. The fourth-order valence-corrected chi connectivity index (χ4v) is 2.35. The van der Waals surface area contributed by atoms with Gasteiger partial charge in [0, 0.05) is 5.88 Å². The minimum absolute atomic E-state index is 0.0337. The van der Waals surface area contributed by atoms with Gasteiger partial charge in [-0.3, -0.25) is 0 Å². The summed E-state index contributed by atoms with van der Waals surface area (Å²) in [6, 6.07) is 2.46. The zero-order valence-corrected chi connectivity index (χ0v) is 10.4. The molecule has 17 heavy (non-hydrogen) atoms. The van der Waals surface area contributed by atoms with E-state index in [4.69, 9.17) is 16.3 Å². The van der Waals surface area contributed by atoms with E-state index in [1.807, 2.05) is 0 Å². The van der Waals surface area contributed by atoms with Crippen molar-refractivity contribution in [3.63, 3.8) is 0 Å². The molecule has 0 atom stereocenters. The van der Waals surface area contributed by atoms with Crippen LogP contribution in [0, 0.1) is 11.6 Å². The average molecular weight is 285 g/mol. The highest BCUT2D eigenvalue weighted by Gasteiger charge is 2.16. The van der Waals surface area contributed by atoms with Gasteiger partial charge in [0.1, 0.15) is 0 Å². The van der Waals surface area contributed by atoms with Gasteiger partial charge >= 0.3 is 0 Å². The second-order valence-electron chi connectivity index (χ2n) is 3.20. The molecule has 0 heterocycles. The highest BCUT2D eigenvalue weighted by atomic mass is 35.5. The Kier molecular flexibility index (Phi) is 5.30. The number of alkyl halides is 1. The molecule has 0 aliphatic rings. The summed E-state index contributed by atoms with van der Waals surface area (Å²) in [6.07, 6.45) is 0. The molecule has 0 saturated carbocycles. The predicted octanol–water partition coefficient (Wildman–Crippen LogP) is 1.99. The lowest BCUT2D eigenvalue weighted by molar-refractivity contribution is 0.165. The number of hydrogen-bond donors (Lipinski definition) is 0. The van der Waals surface area contributed by atoms with Crippen molar-refractivity contribution in [2.75, 3.05) is 24.8 Å². The molecule has 0 radical (unpaired) electrons. The molecule has 7 heteroatoms. The lowest BCUT2D eigenvalue weighted by Crippen LogP contribution is -2.13. The highest BCUT2D eigenvalue weighted by Crippen LogP contribution is 2.15. The predicted molar refractivity (Wildman–Crippen MR) is 59.9 cm³/mol. The molecule has 1 aromatic carbocycles. The van der Waals surface area contributed by atoms with Crippen molar-refractivity contribution < 1.29 is 21.9 Å². The third kappa shape index (κ3) is 4.22. The first-order valence-corrected chi connectivity index (χ1v) is 6.97. The molecule has 1 aromatic rings. The minimum atomic E-state index is -3.65. The smallest absolute Gasteiger partial charge is 0.180 e. The molecule has 96 valence electrons. The van der Waals surface area contributed by atoms with E-state index >= 15 is 0 Å². The Balaban J connectivity index is 2.72. The normalized spacial score (nSPS) is 11.7. The van der Waals surface area contributed by atoms with Gasteiger partial charge in [0.05, 0.1) is 23.9 Å². The second-order valence-corrected chi connectivity index (χ2v) is 5.68. The third-order valence-corrected chi connectivity index (χ3v) is 3.80. The van der Waals surface area contributed by atoms with Crippen LogP contribution in [-0.4, -0.2) is 33.3 Å². The van der Waals surface area contributed by atoms with Crippen LogP contribution >= 0.6 is 11.6 Å².